The van der Waals surface area contributed by atoms with E-state index in [0.717, 1.165) is 18.8 Å². The number of hydrogen-bond acceptors (Lipinski definition) is 5. The van der Waals surface area contributed by atoms with Gasteiger partial charge in [-0.3, -0.25) is 5.32 Å². The molecular weight excluding hydrogens is 446 g/mol. The van der Waals surface area contributed by atoms with Crippen LogP contribution in [0.5, 0.6) is 0 Å². The fourth-order valence-electron chi connectivity index (χ4n) is 3.96. The molecule has 1 amide bonds. The Kier molecular flexibility index (Phi) is 15.2. The van der Waals surface area contributed by atoms with Crippen molar-refractivity contribution in [3.8, 4) is 0 Å². The van der Waals surface area contributed by atoms with E-state index in [9.17, 15) is 9.59 Å². The molecule has 6 heteroatoms. The summed E-state index contributed by atoms with van der Waals surface area (Å²) < 4.78 is 10.9. The van der Waals surface area contributed by atoms with Gasteiger partial charge in [0.25, 0.3) is 0 Å². The molecule has 0 saturated carbocycles. The van der Waals surface area contributed by atoms with Crippen molar-refractivity contribution < 1.29 is 19.1 Å². The third-order valence-electron chi connectivity index (χ3n) is 5.92. The monoisotopic (exact) mass is 495 g/mol. The number of hydrogen-bond donors (Lipinski definition) is 1. The van der Waals surface area contributed by atoms with Gasteiger partial charge in [0, 0.05) is 0 Å². The lowest BCUT2D eigenvalue weighted by Gasteiger charge is -2.19. The predicted molar refractivity (Wildman–Crippen MR) is 144 cm³/mol. The number of nitrogens with one attached hydrogen (secondary N) is 1. The van der Waals surface area contributed by atoms with E-state index < -0.39 is 17.7 Å². The highest BCUT2D eigenvalue weighted by Gasteiger charge is 2.22. The molecule has 196 valence electrons. The molecule has 1 aromatic rings. The molecule has 0 aliphatic carbocycles. The molecule has 0 radical (unpaired) electrons. The van der Waals surface area contributed by atoms with Crippen LogP contribution < -0.4 is 5.32 Å². The van der Waals surface area contributed by atoms with Crippen LogP contribution in [0.2, 0.25) is 0 Å². The van der Waals surface area contributed by atoms with Gasteiger partial charge in [0.15, 0.2) is 0 Å². The second-order valence-electron chi connectivity index (χ2n) is 10.7. The number of amides is 1. The molecule has 34 heavy (non-hydrogen) atoms. The third kappa shape index (κ3) is 14.6. The number of thiophene rings is 1. The molecular formula is C28H49NO4S. The average Bonchev–Trinajstić information content (AvgIpc) is 3.20. The second-order valence-corrected chi connectivity index (χ2v) is 11.6. The quantitative estimate of drug-likeness (QED) is 0.173. The molecule has 1 N–H and O–H groups in total. The van der Waals surface area contributed by atoms with Gasteiger partial charge >= 0.3 is 12.1 Å². The number of rotatable bonds is 17. The standard InChI is InChI=1S/C28H49NO4S/c1-7-8-9-10-11-12-13-14-17-22(2)18-15-16-19-23(3)32-27(31)29-25-24(20-21-34-25)26(30)33-28(4,5)6/h20-23H,7-19H2,1-6H3,(H,29,31). The molecule has 0 fully saturated rings. The fourth-order valence-corrected chi connectivity index (χ4v) is 4.72. The molecule has 2 atom stereocenters. The Morgan fingerprint density at radius 3 is 2.09 bits per heavy atom. The zero-order valence-corrected chi connectivity index (χ0v) is 23.4. The van der Waals surface area contributed by atoms with Crippen LogP contribution in [0.15, 0.2) is 11.4 Å². The van der Waals surface area contributed by atoms with E-state index >= 15 is 0 Å². The Bertz CT molecular complexity index is 695. The summed E-state index contributed by atoms with van der Waals surface area (Å²) in [5.41, 5.74) is -0.230. The Balaban J connectivity index is 2.16. The Morgan fingerprint density at radius 1 is 0.912 bits per heavy atom. The first-order chi connectivity index (χ1) is 16.1. The summed E-state index contributed by atoms with van der Waals surface area (Å²) >= 11 is 1.28. The van der Waals surface area contributed by atoms with Crippen LogP contribution in [0.4, 0.5) is 9.80 Å². The number of esters is 1. The van der Waals surface area contributed by atoms with Gasteiger partial charge in [-0.15, -0.1) is 11.3 Å². The lowest BCUT2D eigenvalue weighted by Crippen LogP contribution is -2.25. The molecule has 0 aliphatic rings. The second kappa shape index (κ2) is 17.0. The summed E-state index contributed by atoms with van der Waals surface area (Å²) in [6.45, 7) is 12.0. The van der Waals surface area contributed by atoms with Crippen molar-refractivity contribution in [1.29, 1.82) is 0 Å². The molecule has 0 bridgehead atoms. The maximum atomic E-state index is 12.3. The molecule has 1 aromatic heterocycles. The highest BCUT2D eigenvalue weighted by atomic mass is 32.1. The largest absolute Gasteiger partial charge is 0.456 e. The normalized spacial score (nSPS) is 13.4. The van der Waals surface area contributed by atoms with E-state index in [1.54, 1.807) is 11.4 Å². The minimum absolute atomic E-state index is 0.159. The molecule has 0 spiro atoms. The molecule has 1 rings (SSSR count). The van der Waals surface area contributed by atoms with E-state index in [1.165, 1.54) is 82.0 Å². The van der Waals surface area contributed by atoms with Crippen molar-refractivity contribution >= 4 is 28.4 Å². The predicted octanol–water partition coefficient (Wildman–Crippen LogP) is 9.37. The molecule has 5 nitrogen and oxygen atoms in total. The summed E-state index contributed by atoms with van der Waals surface area (Å²) in [6, 6.07) is 1.66. The Morgan fingerprint density at radius 2 is 1.47 bits per heavy atom. The zero-order chi connectivity index (χ0) is 25.4. The third-order valence-corrected chi connectivity index (χ3v) is 6.75. The topological polar surface area (TPSA) is 64.6 Å². The molecule has 0 saturated heterocycles. The van der Waals surface area contributed by atoms with Gasteiger partial charge in [-0.1, -0.05) is 84.5 Å². The van der Waals surface area contributed by atoms with Gasteiger partial charge in [0.1, 0.15) is 16.7 Å². The van der Waals surface area contributed by atoms with Gasteiger partial charge in [-0.2, -0.15) is 0 Å². The lowest BCUT2D eigenvalue weighted by molar-refractivity contribution is 0.00712. The number of carbonyl (C=O) groups excluding carboxylic acids is 2. The summed E-state index contributed by atoms with van der Waals surface area (Å²) in [5, 5.41) is 4.92. The smallest absolute Gasteiger partial charge is 0.412 e. The van der Waals surface area contributed by atoms with E-state index in [2.05, 4.69) is 19.2 Å². The van der Waals surface area contributed by atoms with Crippen molar-refractivity contribution in [2.24, 2.45) is 5.92 Å². The maximum absolute atomic E-state index is 12.3. The van der Waals surface area contributed by atoms with E-state index in [4.69, 9.17) is 9.47 Å². The highest BCUT2D eigenvalue weighted by molar-refractivity contribution is 7.14. The van der Waals surface area contributed by atoms with Crippen molar-refractivity contribution in [2.75, 3.05) is 5.32 Å². The van der Waals surface area contributed by atoms with Crippen molar-refractivity contribution in [3.63, 3.8) is 0 Å². The minimum Gasteiger partial charge on any atom is -0.456 e. The fraction of sp³-hybridized carbons (Fsp3) is 0.786. The van der Waals surface area contributed by atoms with Crippen LogP contribution in [-0.2, 0) is 9.47 Å². The van der Waals surface area contributed by atoms with Gasteiger partial charge in [0.05, 0.1) is 5.56 Å². The SMILES string of the molecule is CCCCCCCCCCC(C)CCCCC(C)OC(=O)Nc1sccc1C(=O)OC(C)(C)C. The van der Waals surface area contributed by atoms with Crippen molar-refractivity contribution in [3.05, 3.63) is 17.0 Å². The number of anilines is 1. The minimum atomic E-state index is -0.587. The number of ether oxygens (including phenoxy) is 2. The maximum Gasteiger partial charge on any atom is 0.412 e. The van der Waals surface area contributed by atoms with Gasteiger partial charge < -0.3 is 9.47 Å². The lowest BCUT2D eigenvalue weighted by atomic mass is 9.96. The van der Waals surface area contributed by atoms with Crippen LogP contribution in [0.25, 0.3) is 0 Å². The van der Waals surface area contributed by atoms with Crippen LogP contribution in [-0.4, -0.2) is 23.8 Å². The van der Waals surface area contributed by atoms with Gasteiger partial charge in [-0.25, -0.2) is 9.59 Å². The molecule has 0 aromatic carbocycles. The van der Waals surface area contributed by atoms with E-state index in [0.29, 0.717) is 10.6 Å². The summed E-state index contributed by atoms with van der Waals surface area (Å²) in [4.78, 5) is 24.6. The summed E-state index contributed by atoms with van der Waals surface area (Å²) in [5.74, 6) is 0.322. The zero-order valence-electron chi connectivity index (χ0n) is 22.5. The summed E-state index contributed by atoms with van der Waals surface area (Å²) in [7, 11) is 0. The molecule has 2 unspecified atom stereocenters. The van der Waals surface area contributed by atoms with Crippen LogP contribution in [0.1, 0.15) is 135 Å². The van der Waals surface area contributed by atoms with E-state index in [-0.39, 0.29) is 6.10 Å². The number of carbonyl (C=O) groups is 2. The first-order valence-corrected chi connectivity index (χ1v) is 14.3. The van der Waals surface area contributed by atoms with Gasteiger partial charge in [0.2, 0.25) is 0 Å². The molecule has 0 aliphatic heterocycles. The first kappa shape index (κ1) is 30.5. The van der Waals surface area contributed by atoms with Crippen LogP contribution in [0.3, 0.4) is 0 Å². The Labute approximate surface area is 212 Å². The Hall–Kier alpha value is -1.56. The van der Waals surface area contributed by atoms with Crippen molar-refractivity contribution in [1.82, 2.24) is 0 Å². The van der Waals surface area contributed by atoms with Crippen LogP contribution >= 0.6 is 11.3 Å². The highest BCUT2D eigenvalue weighted by Crippen LogP contribution is 2.26. The summed E-state index contributed by atoms with van der Waals surface area (Å²) in [6.07, 6.45) is 16.0. The number of unbranched alkanes of at least 4 members (excludes halogenated alkanes) is 8. The first-order valence-electron chi connectivity index (χ1n) is 13.4. The average molecular weight is 496 g/mol. The van der Waals surface area contributed by atoms with Crippen molar-refractivity contribution in [2.45, 2.75) is 137 Å². The molecule has 1 heterocycles. The van der Waals surface area contributed by atoms with Crippen LogP contribution in [0, 0.1) is 5.92 Å². The van der Waals surface area contributed by atoms with E-state index in [1.807, 2.05) is 27.7 Å². The van der Waals surface area contributed by atoms with Gasteiger partial charge in [-0.05, 0) is 57.9 Å².